The number of fused-ring (bicyclic) bond motifs is 1. The average Bonchev–Trinajstić information content (AvgIpc) is 2.68. The van der Waals surface area contributed by atoms with Gasteiger partial charge in [-0.05, 0) is 28.8 Å². The molecule has 1 heterocycles. The van der Waals surface area contributed by atoms with Crippen LogP contribution < -0.4 is 10.3 Å². The Balaban J connectivity index is 2.00. The van der Waals surface area contributed by atoms with E-state index in [1.807, 2.05) is 36.4 Å². The molecule has 0 aliphatic carbocycles. The van der Waals surface area contributed by atoms with E-state index in [-0.39, 0.29) is 12.1 Å². The van der Waals surface area contributed by atoms with Crippen LogP contribution in [0.2, 0.25) is 0 Å². The van der Waals surface area contributed by atoms with Crippen LogP contribution in [0.25, 0.3) is 21.3 Å². The SMILES string of the molecule is COC(CN=[N+]=[N-])c1ccc(OCc2ccccc2)c2[nH]c(=O)ccc12. The van der Waals surface area contributed by atoms with Gasteiger partial charge in [-0.2, -0.15) is 0 Å². The fourth-order valence-electron chi connectivity index (χ4n) is 2.79. The summed E-state index contributed by atoms with van der Waals surface area (Å²) in [7, 11) is 1.55. The summed E-state index contributed by atoms with van der Waals surface area (Å²) in [6, 6.07) is 16.6. The molecule has 0 fully saturated rings. The molecule has 3 rings (SSSR count). The molecular formula is C19H18N4O3. The number of aromatic nitrogens is 1. The lowest BCUT2D eigenvalue weighted by atomic mass is 10.0. The van der Waals surface area contributed by atoms with E-state index in [1.54, 1.807) is 19.2 Å². The van der Waals surface area contributed by atoms with Gasteiger partial charge in [-0.15, -0.1) is 0 Å². The molecule has 1 unspecified atom stereocenters. The molecule has 0 aliphatic rings. The normalized spacial score (nSPS) is 11.7. The Hall–Kier alpha value is -3.28. The van der Waals surface area contributed by atoms with Crippen LogP contribution in [-0.4, -0.2) is 18.6 Å². The molecule has 0 saturated carbocycles. The van der Waals surface area contributed by atoms with Crippen LogP contribution in [0.5, 0.6) is 5.75 Å². The summed E-state index contributed by atoms with van der Waals surface area (Å²) in [4.78, 5) is 17.4. The number of H-pyrrole nitrogens is 1. The highest BCUT2D eigenvalue weighted by atomic mass is 16.5. The van der Waals surface area contributed by atoms with Gasteiger partial charge in [-0.3, -0.25) is 4.79 Å². The van der Waals surface area contributed by atoms with Gasteiger partial charge in [-0.25, -0.2) is 0 Å². The van der Waals surface area contributed by atoms with E-state index in [9.17, 15) is 4.79 Å². The molecule has 1 aromatic heterocycles. The lowest BCUT2D eigenvalue weighted by Gasteiger charge is -2.17. The van der Waals surface area contributed by atoms with Gasteiger partial charge in [0.25, 0.3) is 0 Å². The Morgan fingerprint density at radius 3 is 2.69 bits per heavy atom. The number of hydrogen-bond acceptors (Lipinski definition) is 4. The summed E-state index contributed by atoms with van der Waals surface area (Å²) >= 11 is 0. The molecule has 0 radical (unpaired) electrons. The van der Waals surface area contributed by atoms with Gasteiger partial charge >= 0.3 is 0 Å². The van der Waals surface area contributed by atoms with E-state index in [0.717, 1.165) is 16.5 Å². The van der Waals surface area contributed by atoms with Crippen molar-refractivity contribution in [1.82, 2.24) is 4.98 Å². The summed E-state index contributed by atoms with van der Waals surface area (Å²) in [5.74, 6) is 0.573. The van der Waals surface area contributed by atoms with Crippen molar-refractivity contribution in [3.63, 3.8) is 0 Å². The number of rotatable bonds is 7. The van der Waals surface area contributed by atoms with Crippen LogP contribution in [0.1, 0.15) is 17.2 Å². The zero-order chi connectivity index (χ0) is 18.4. The van der Waals surface area contributed by atoms with Crippen molar-refractivity contribution in [2.24, 2.45) is 5.11 Å². The third kappa shape index (κ3) is 3.85. The number of hydrogen-bond donors (Lipinski definition) is 1. The smallest absolute Gasteiger partial charge is 0.248 e. The summed E-state index contributed by atoms with van der Waals surface area (Å²) in [6.45, 7) is 0.546. The van der Waals surface area contributed by atoms with Crippen LogP contribution in [0.3, 0.4) is 0 Å². The Bertz CT molecular complexity index is 995. The van der Waals surface area contributed by atoms with E-state index >= 15 is 0 Å². The fourth-order valence-corrected chi connectivity index (χ4v) is 2.79. The maximum Gasteiger partial charge on any atom is 0.248 e. The molecule has 2 aromatic carbocycles. The van der Waals surface area contributed by atoms with Crippen molar-refractivity contribution in [2.45, 2.75) is 12.7 Å². The van der Waals surface area contributed by atoms with Crippen LogP contribution in [0.15, 0.2) is 64.5 Å². The summed E-state index contributed by atoms with van der Waals surface area (Å²) in [5.41, 5.74) is 10.8. The molecule has 7 heteroatoms. The minimum absolute atomic E-state index is 0.158. The van der Waals surface area contributed by atoms with Gasteiger partial charge < -0.3 is 14.5 Å². The second-order valence-electron chi connectivity index (χ2n) is 5.68. The zero-order valence-corrected chi connectivity index (χ0v) is 14.3. The van der Waals surface area contributed by atoms with E-state index in [1.165, 1.54) is 6.07 Å². The maximum atomic E-state index is 11.8. The van der Waals surface area contributed by atoms with Crippen LogP contribution in [0, 0.1) is 0 Å². The van der Waals surface area contributed by atoms with Crippen molar-refractivity contribution in [3.05, 3.63) is 86.5 Å². The van der Waals surface area contributed by atoms with Gasteiger partial charge in [0.05, 0.1) is 18.2 Å². The Morgan fingerprint density at radius 2 is 1.96 bits per heavy atom. The lowest BCUT2D eigenvalue weighted by molar-refractivity contribution is 0.112. The number of benzene rings is 2. The van der Waals surface area contributed by atoms with E-state index in [4.69, 9.17) is 15.0 Å². The lowest BCUT2D eigenvalue weighted by Crippen LogP contribution is -2.10. The highest BCUT2D eigenvalue weighted by molar-refractivity contribution is 5.87. The highest BCUT2D eigenvalue weighted by Gasteiger charge is 2.16. The number of aromatic amines is 1. The Morgan fingerprint density at radius 1 is 1.15 bits per heavy atom. The Kier molecular flexibility index (Phi) is 5.53. The van der Waals surface area contributed by atoms with Gasteiger partial charge in [0.2, 0.25) is 5.56 Å². The van der Waals surface area contributed by atoms with Crippen molar-refractivity contribution >= 4 is 10.9 Å². The topological polar surface area (TPSA) is 100 Å². The molecule has 1 atom stereocenters. The predicted molar refractivity (Wildman–Crippen MR) is 99.1 cm³/mol. The van der Waals surface area contributed by atoms with Gasteiger partial charge in [0.1, 0.15) is 12.4 Å². The van der Waals surface area contributed by atoms with Crippen LogP contribution in [-0.2, 0) is 11.3 Å². The van der Waals surface area contributed by atoms with Crippen molar-refractivity contribution in [2.75, 3.05) is 13.7 Å². The van der Waals surface area contributed by atoms with Crippen molar-refractivity contribution in [1.29, 1.82) is 0 Å². The first-order chi connectivity index (χ1) is 12.7. The molecule has 0 amide bonds. The second-order valence-corrected chi connectivity index (χ2v) is 5.68. The van der Waals surface area contributed by atoms with E-state index < -0.39 is 6.10 Å². The number of pyridine rings is 1. The number of ether oxygens (including phenoxy) is 2. The third-order valence-electron chi connectivity index (χ3n) is 4.07. The molecule has 0 bridgehead atoms. The fraction of sp³-hybridized carbons (Fsp3) is 0.211. The molecule has 0 spiro atoms. The average molecular weight is 350 g/mol. The highest BCUT2D eigenvalue weighted by Crippen LogP contribution is 2.31. The number of azide groups is 1. The molecule has 7 nitrogen and oxygen atoms in total. The van der Waals surface area contributed by atoms with Gasteiger partial charge in [-0.1, -0.05) is 41.5 Å². The zero-order valence-electron chi connectivity index (χ0n) is 14.3. The van der Waals surface area contributed by atoms with Gasteiger partial charge in [0, 0.05) is 23.5 Å². The minimum Gasteiger partial charge on any atom is -0.487 e. The molecule has 3 aromatic rings. The summed E-state index contributed by atoms with van der Waals surface area (Å²) in [6.07, 6.45) is -0.414. The van der Waals surface area contributed by atoms with Crippen LogP contribution >= 0.6 is 0 Å². The number of nitrogens with zero attached hydrogens (tertiary/aromatic N) is 3. The largest absolute Gasteiger partial charge is 0.487 e. The molecule has 1 N–H and O–H groups in total. The molecular weight excluding hydrogens is 332 g/mol. The summed E-state index contributed by atoms with van der Waals surface area (Å²) in [5, 5.41) is 4.38. The van der Waals surface area contributed by atoms with Crippen molar-refractivity contribution < 1.29 is 9.47 Å². The van der Waals surface area contributed by atoms with Crippen LogP contribution in [0.4, 0.5) is 0 Å². The molecule has 132 valence electrons. The molecule has 0 saturated heterocycles. The minimum atomic E-state index is -0.414. The van der Waals surface area contributed by atoms with E-state index in [2.05, 4.69) is 15.0 Å². The predicted octanol–water partition coefficient (Wildman–Crippen LogP) is 4.10. The number of methoxy groups -OCH3 is 1. The first-order valence-corrected chi connectivity index (χ1v) is 8.09. The summed E-state index contributed by atoms with van der Waals surface area (Å²) < 4.78 is 11.4. The third-order valence-corrected chi connectivity index (χ3v) is 4.07. The van der Waals surface area contributed by atoms with E-state index in [0.29, 0.717) is 17.9 Å². The van der Waals surface area contributed by atoms with Crippen molar-refractivity contribution in [3.8, 4) is 5.75 Å². The first-order valence-electron chi connectivity index (χ1n) is 8.09. The first kappa shape index (κ1) is 17.5. The standard InChI is InChI=1S/C19H18N4O3/c1-25-17(11-21-23-20)14-7-9-16(19-15(14)8-10-18(24)22-19)26-12-13-5-3-2-4-6-13/h2-10,17H,11-12H2,1H3,(H,22,24). The number of nitrogens with one attached hydrogen (secondary N) is 1. The molecule has 26 heavy (non-hydrogen) atoms. The maximum absolute atomic E-state index is 11.8. The van der Waals surface area contributed by atoms with Gasteiger partial charge in [0.15, 0.2) is 0 Å². The Labute approximate surface area is 149 Å². The molecule has 0 aliphatic heterocycles. The quantitative estimate of drug-likeness (QED) is 0.394. The second kappa shape index (κ2) is 8.20. The monoisotopic (exact) mass is 350 g/mol.